The van der Waals surface area contributed by atoms with E-state index >= 15 is 4.39 Å². The number of alkyl carbamates (subject to hydrolysis) is 1. The molecule has 9 amide bonds. The standard InChI is InChI=1S/C57H71F3N10O11/c1-36(2)51(67-47(72)13-7-4-8-26-69-48(73)20-21-49(69)74)55(77)66-45(12-9-25-62-56(61)78)54(76)63-41-17-14-38(15-18-41)35-81-57(79)64-42(31-58)22-27-70(50(75)34-71)52(39-23-28-80-29-24-39)53-65-46(43-30-40(59)16-19-44(43)60)33-68(53)32-37-10-5-3-6-11-37/h3,5-6,10-11,14-21,30,33,36,39,42,45,51-52,71H,4,7-9,12-13,22-29,31-32,34-35H2,1-2H3,(H,63,76)(H,64,79)(H,66,77)(H,67,72)(H3,61,62,78). The molecule has 0 radical (unpaired) electrons. The van der Waals surface area contributed by atoms with E-state index in [4.69, 9.17) is 20.2 Å². The number of urea groups is 1. The maximum atomic E-state index is 15.3. The third-order valence-electron chi connectivity index (χ3n) is 13.8. The molecule has 81 heavy (non-hydrogen) atoms. The molecular weight excluding hydrogens is 1060 g/mol. The van der Waals surface area contributed by atoms with Crippen molar-refractivity contribution in [2.45, 2.75) is 109 Å². The van der Waals surface area contributed by atoms with Gasteiger partial charge in [0.2, 0.25) is 23.6 Å². The molecular formula is C57H71F3N10O11. The number of nitrogens with one attached hydrogen (secondary N) is 5. The molecule has 0 aliphatic carbocycles. The van der Waals surface area contributed by atoms with Gasteiger partial charge in [0.1, 0.15) is 49.4 Å². The van der Waals surface area contributed by atoms with Gasteiger partial charge >= 0.3 is 12.1 Å². The Labute approximate surface area is 467 Å². The predicted octanol–water partition coefficient (Wildman–Crippen LogP) is 5.32. The topological polar surface area (TPSA) is 286 Å². The Morgan fingerprint density at radius 3 is 2.25 bits per heavy atom. The predicted molar refractivity (Wildman–Crippen MR) is 291 cm³/mol. The number of aromatic nitrogens is 2. The lowest BCUT2D eigenvalue weighted by Crippen LogP contribution is -2.54. The van der Waals surface area contributed by atoms with E-state index < -0.39 is 84.8 Å². The Hall–Kier alpha value is -8.12. The van der Waals surface area contributed by atoms with Crippen molar-refractivity contribution in [1.29, 1.82) is 0 Å². The number of alkyl halides is 1. The summed E-state index contributed by atoms with van der Waals surface area (Å²) in [5, 5.41) is 23.5. The normalized spacial score (nSPS) is 14.9. The van der Waals surface area contributed by atoms with Crippen LogP contribution in [0.4, 0.5) is 28.4 Å². The van der Waals surface area contributed by atoms with E-state index in [2.05, 4.69) is 26.6 Å². The van der Waals surface area contributed by atoms with Crippen LogP contribution in [-0.2, 0) is 51.4 Å². The molecule has 2 aliphatic heterocycles. The SMILES string of the molecule is CC(C)C(NC(=O)CCCCCN1C(=O)C=CC1=O)C(=O)NC(CCCNC(N)=O)C(=O)Nc1ccc(COC(=O)NC(CF)CCN(C(=O)CO)C(c2nc(-c3cc(F)ccc3F)cn2Cc2ccccc2)C2CCOCC2)cc1. The van der Waals surface area contributed by atoms with Crippen molar-refractivity contribution >= 4 is 53.3 Å². The number of aliphatic hydroxyl groups is 1. The van der Waals surface area contributed by atoms with Crippen LogP contribution in [0.3, 0.4) is 0 Å². The number of hydrogen-bond acceptors (Lipinski definition) is 12. The Bertz CT molecular complexity index is 2810. The minimum atomic E-state index is -1.16. The van der Waals surface area contributed by atoms with Gasteiger partial charge in [-0.05, 0) is 98.2 Å². The summed E-state index contributed by atoms with van der Waals surface area (Å²) in [7, 11) is 0. The molecule has 3 aromatic carbocycles. The monoisotopic (exact) mass is 1130 g/mol. The number of aliphatic hydroxyl groups excluding tert-OH is 1. The molecule has 436 valence electrons. The number of unbranched alkanes of at least 4 members (excludes halogenated alkanes) is 2. The van der Waals surface area contributed by atoms with Gasteiger partial charge in [-0.25, -0.2) is 27.7 Å². The highest BCUT2D eigenvalue weighted by Gasteiger charge is 2.38. The van der Waals surface area contributed by atoms with Crippen molar-refractivity contribution in [1.82, 2.24) is 40.6 Å². The molecule has 24 heteroatoms. The van der Waals surface area contributed by atoms with Crippen molar-refractivity contribution in [3.63, 3.8) is 0 Å². The summed E-state index contributed by atoms with van der Waals surface area (Å²) in [5.41, 5.74) is 6.87. The van der Waals surface area contributed by atoms with Crippen molar-refractivity contribution in [2.24, 2.45) is 17.6 Å². The molecule has 1 aromatic heterocycles. The Balaban J connectivity index is 1.06. The minimum absolute atomic E-state index is 0.0721. The molecule has 4 unspecified atom stereocenters. The summed E-state index contributed by atoms with van der Waals surface area (Å²) in [4.78, 5) is 110. The molecule has 4 atom stereocenters. The van der Waals surface area contributed by atoms with Gasteiger partial charge in [0, 0.05) is 75.4 Å². The van der Waals surface area contributed by atoms with Crippen LogP contribution in [0.15, 0.2) is 91.1 Å². The first-order valence-electron chi connectivity index (χ1n) is 27.0. The maximum Gasteiger partial charge on any atom is 0.407 e. The van der Waals surface area contributed by atoms with Crippen LogP contribution in [0.5, 0.6) is 0 Å². The molecule has 3 heterocycles. The molecule has 0 spiro atoms. The fourth-order valence-corrected chi connectivity index (χ4v) is 9.51. The van der Waals surface area contributed by atoms with Crippen molar-refractivity contribution in [2.75, 3.05) is 51.4 Å². The summed E-state index contributed by atoms with van der Waals surface area (Å²) in [6.07, 6.45) is 5.74. The molecule has 1 saturated heterocycles. The van der Waals surface area contributed by atoms with Gasteiger partial charge in [-0.2, -0.15) is 0 Å². The highest BCUT2D eigenvalue weighted by atomic mass is 19.1. The van der Waals surface area contributed by atoms with E-state index in [0.717, 1.165) is 28.7 Å². The molecule has 0 saturated carbocycles. The number of anilines is 1. The van der Waals surface area contributed by atoms with Crippen LogP contribution < -0.4 is 32.3 Å². The summed E-state index contributed by atoms with van der Waals surface area (Å²) < 4.78 is 57.4. The van der Waals surface area contributed by atoms with Crippen molar-refractivity contribution in [3.05, 3.63) is 120 Å². The van der Waals surface area contributed by atoms with Crippen LogP contribution >= 0.6 is 0 Å². The zero-order valence-corrected chi connectivity index (χ0v) is 45.4. The largest absolute Gasteiger partial charge is 0.445 e. The van der Waals surface area contributed by atoms with Crippen LogP contribution in [-0.4, -0.2) is 136 Å². The molecule has 21 nitrogen and oxygen atoms in total. The van der Waals surface area contributed by atoms with Crippen molar-refractivity contribution in [3.8, 4) is 11.3 Å². The molecule has 6 rings (SSSR count). The first-order valence-corrected chi connectivity index (χ1v) is 27.0. The highest BCUT2D eigenvalue weighted by molar-refractivity contribution is 6.12. The average Bonchev–Trinajstić information content (AvgIpc) is 4.13. The second-order valence-electron chi connectivity index (χ2n) is 20.2. The second kappa shape index (κ2) is 31.0. The van der Waals surface area contributed by atoms with Crippen LogP contribution in [0.25, 0.3) is 11.3 Å². The summed E-state index contributed by atoms with van der Waals surface area (Å²) in [6, 6.07) is 13.6. The molecule has 2 aliphatic rings. The van der Waals surface area contributed by atoms with Crippen LogP contribution in [0.1, 0.15) is 94.6 Å². The lowest BCUT2D eigenvalue weighted by atomic mass is 9.89. The van der Waals surface area contributed by atoms with Gasteiger partial charge in [0.15, 0.2) is 0 Å². The summed E-state index contributed by atoms with van der Waals surface area (Å²) in [5.74, 6) is -4.82. The number of nitrogens with two attached hydrogens (primary N) is 1. The van der Waals surface area contributed by atoms with E-state index in [-0.39, 0.29) is 93.4 Å². The first-order chi connectivity index (χ1) is 38.9. The second-order valence-corrected chi connectivity index (χ2v) is 20.2. The number of hydrogen-bond donors (Lipinski definition) is 7. The van der Waals surface area contributed by atoms with Gasteiger partial charge in [-0.15, -0.1) is 0 Å². The zero-order valence-electron chi connectivity index (χ0n) is 45.4. The number of imide groups is 1. The van der Waals surface area contributed by atoms with Crippen LogP contribution in [0.2, 0.25) is 0 Å². The maximum absolute atomic E-state index is 15.3. The quantitative estimate of drug-likeness (QED) is 0.0258. The number of nitrogens with zero attached hydrogens (tertiary/aromatic N) is 4. The van der Waals surface area contributed by atoms with E-state index in [9.17, 15) is 52.2 Å². The van der Waals surface area contributed by atoms with Gasteiger partial charge in [-0.3, -0.25) is 33.7 Å². The van der Waals surface area contributed by atoms with Crippen molar-refractivity contribution < 1.29 is 66.1 Å². The zero-order chi connectivity index (χ0) is 58.4. The van der Waals surface area contributed by atoms with E-state index in [1.54, 1.807) is 36.7 Å². The number of amides is 9. The molecule has 1 fully saturated rings. The number of halogens is 3. The van der Waals surface area contributed by atoms with Crippen LogP contribution in [0, 0.1) is 23.5 Å². The van der Waals surface area contributed by atoms with Gasteiger partial charge in [0.05, 0.1) is 17.8 Å². The Morgan fingerprint density at radius 1 is 0.864 bits per heavy atom. The number of primary amides is 1. The minimum Gasteiger partial charge on any atom is -0.445 e. The number of ether oxygens (including phenoxy) is 2. The lowest BCUT2D eigenvalue weighted by molar-refractivity contribution is -0.139. The third kappa shape index (κ3) is 18.7. The summed E-state index contributed by atoms with van der Waals surface area (Å²) in [6.45, 7) is 2.35. The van der Waals surface area contributed by atoms with Gasteiger partial charge in [0.25, 0.3) is 11.8 Å². The first kappa shape index (κ1) is 62.1. The fourth-order valence-electron chi connectivity index (χ4n) is 9.51. The van der Waals surface area contributed by atoms with E-state index in [0.29, 0.717) is 62.4 Å². The Morgan fingerprint density at radius 2 is 1.58 bits per heavy atom. The smallest absolute Gasteiger partial charge is 0.407 e. The number of imidazole rings is 1. The Kier molecular flexibility index (Phi) is 23.8. The number of carbonyl (C=O) groups is 8. The van der Waals surface area contributed by atoms with E-state index in [1.807, 2.05) is 30.3 Å². The average molecular weight is 1130 g/mol. The number of benzene rings is 3. The van der Waals surface area contributed by atoms with Gasteiger partial charge in [-0.1, -0.05) is 62.7 Å². The molecule has 0 bridgehead atoms. The van der Waals surface area contributed by atoms with Gasteiger partial charge < -0.3 is 56.4 Å². The fraction of sp³-hybridized carbons (Fsp3) is 0.456. The highest BCUT2D eigenvalue weighted by Crippen LogP contribution is 2.37. The molecule has 8 N–H and O–H groups in total. The number of rotatable bonds is 30. The molecule has 4 aromatic rings. The number of carbonyl (C=O) groups excluding carboxylic acids is 8. The van der Waals surface area contributed by atoms with E-state index in [1.165, 1.54) is 29.2 Å². The third-order valence-corrected chi connectivity index (χ3v) is 13.8. The summed E-state index contributed by atoms with van der Waals surface area (Å²) >= 11 is 0. The lowest BCUT2D eigenvalue weighted by Gasteiger charge is -2.39.